The maximum atomic E-state index is 5.34. The van der Waals surface area contributed by atoms with Gasteiger partial charge < -0.3 is 15.4 Å². The van der Waals surface area contributed by atoms with Crippen molar-refractivity contribution in [2.75, 3.05) is 27.7 Å². The summed E-state index contributed by atoms with van der Waals surface area (Å²) in [4.78, 5) is 1.38. The predicted molar refractivity (Wildman–Crippen MR) is 56.3 cm³/mol. The van der Waals surface area contributed by atoms with Crippen molar-refractivity contribution in [2.24, 2.45) is 0 Å². The lowest BCUT2D eigenvalue weighted by Gasteiger charge is -2.20. The second kappa shape index (κ2) is 4.98. The van der Waals surface area contributed by atoms with Crippen LogP contribution in [0.25, 0.3) is 0 Å². The average Bonchev–Trinajstić information content (AvgIpc) is 2.19. The number of hydrogen-bond donors (Lipinski definition) is 2. The zero-order chi connectivity index (χ0) is 10.6. The molecule has 0 aliphatic carbocycles. The van der Waals surface area contributed by atoms with Crippen LogP contribution in [0.3, 0.4) is 0 Å². The smallest absolute Gasteiger partial charge is 0.166 e. The van der Waals surface area contributed by atoms with Crippen LogP contribution < -0.4 is 15.4 Å². The quantitative estimate of drug-likeness (QED) is 0.645. The summed E-state index contributed by atoms with van der Waals surface area (Å²) >= 11 is 0. The molecule has 0 amide bonds. The van der Waals surface area contributed by atoms with Crippen LogP contribution >= 0.6 is 0 Å². The van der Waals surface area contributed by atoms with Crippen LogP contribution in [0.2, 0.25) is 0 Å². The first kappa shape index (κ1) is 11.0. The van der Waals surface area contributed by atoms with E-state index in [1.165, 1.54) is 10.5 Å². The van der Waals surface area contributed by atoms with Crippen LogP contribution in [-0.2, 0) is 0 Å². The topological polar surface area (TPSA) is 41.3 Å². The number of benzene rings is 1. The Labute approximate surface area is 85.5 Å². The van der Waals surface area contributed by atoms with E-state index in [0.29, 0.717) is 6.04 Å². The first-order valence-corrected chi connectivity index (χ1v) is 4.93. The predicted octanol–water partition coefficient (Wildman–Crippen LogP) is -0.877. The molecular formula is C11H20N2O+2. The van der Waals surface area contributed by atoms with Gasteiger partial charge in [0.25, 0.3) is 0 Å². The number of para-hydroxylation sites is 1. The molecule has 0 bridgehead atoms. The molecule has 1 rings (SSSR count). The lowest BCUT2D eigenvalue weighted by molar-refractivity contribution is -0.899. The largest absolute Gasteiger partial charge is 0.496 e. The molecule has 1 aromatic carbocycles. The monoisotopic (exact) mass is 196 g/mol. The Bertz CT molecular complexity index is 286. The molecule has 0 unspecified atom stereocenters. The summed E-state index contributed by atoms with van der Waals surface area (Å²) in [5.41, 5.74) is 5.22. The molecule has 1 aromatic rings. The van der Waals surface area contributed by atoms with Crippen molar-refractivity contribution in [3.8, 4) is 5.75 Å². The van der Waals surface area contributed by atoms with Crippen molar-refractivity contribution in [1.82, 2.24) is 0 Å². The molecule has 0 spiro atoms. The van der Waals surface area contributed by atoms with Crippen LogP contribution in [-0.4, -0.2) is 27.7 Å². The Balaban J connectivity index is 3.02. The highest BCUT2D eigenvalue weighted by Crippen LogP contribution is 2.21. The van der Waals surface area contributed by atoms with Crippen LogP contribution in [0, 0.1) is 0 Å². The van der Waals surface area contributed by atoms with Crippen molar-refractivity contribution >= 4 is 0 Å². The van der Waals surface area contributed by atoms with Gasteiger partial charge in [0.15, 0.2) is 6.04 Å². The maximum absolute atomic E-state index is 5.34. The lowest BCUT2D eigenvalue weighted by atomic mass is 10.1. The van der Waals surface area contributed by atoms with Crippen LogP contribution in [0.5, 0.6) is 5.75 Å². The van der Waals surface area contributed by atoms with E-state index in [2.05, 4.69) is 25.9 Å². The van der Waals surface area contributed by atoms with E-state index >= 15 is 0 Å². The van der Waals surface area contributed by atoms with Gasteiger partial charge in [-0.1, -0.05) is 12.1 Å². The third-order valence-electron chi connectivity index (χ3n) is 2.50. The standard InChI is InChI=1S/C11H18N2O/c1-13(2)10(8-12)9-6-4-5-7-11(9)14-3/h4-7,10H,8,12H2,1-3H3/p+2/t10-/m0/s1. The second-order valence-corrected chi connectivity index (χ2v) is 3.66. The number of rotatable bonds is 4. The Morgan fingerprint density at radius 3 is 2.50 bits per heavy atom. The summed E-state index contributed by atoms with van der Waals surface area (Å²) in [5.74, 6) is 0.961. The fourth-order valence-corrected chi connectivity index (χ4v) is 1.71. The minimum absolute atomic E-state index is 0.408. The SMILES string of the molecule is COc1ccccc1[C@H](C[NH3+])[NH+](C)C. The number of quaternary nitrogens is 2. The average molecular weight is 196 g/mol. The third-order valence-corrected chi connectivity index (χ3v) is 2.50. The molecule has 1 atom stereocenters. The zero-order valence-corrected chi connectivity index (χ0v) is 9.21. The van der Waals surface area contributed by atoms with Crippen LogP contribution in [0.1, 0.15) is 11.6 Å². The Morgan fingerprint density at radius 1 is 1.36 bits per heavy atom. The molecule has 3 heteroatoms. The summed E-state index contributed by atoms with van der Waals surface area (Å²) in [6, 6.07) is 8.56. The molecule has 0 aromatic heterocycles. The Morgan fingerprint density at radius 2 is 2.00 bits per heavy atom. The zero-order valence-electron chi connectivity index (χ0n) is 9.21. The number of ether oxygens (including phenoxy) is 1. The molecule has 0 aliphatic rings. The molecule has 78 valence electrons. The number of hydrogen-bond acceptors (Lipinski definition) is 1. The summed E-state index contributed by atoms with van der Waals surface area (Å²) in [5, 5.41) is 0. The molecule has 4 N–H and O–H groups in total. The molecule has 3 nitrogen and oxygen atoms in total. The number of methoxy groups -OCH3 is 1. The van der Waals surface area contributed by atoms with Gasteiger partial charge in [-0.05, 0) is 12.1 Å². The van der Waals surface area contributed by atoms with E-state index in [9.17, 15) is 0 Å². The van der Waals surface area contributed by atoms with E-state index in [0.717, 1.165) is 12.3 Å². The molecule has 0 saturated heterocycles. The molecule has 0 heterocycles. The van der Waals surface area contributed by atoms with E-state index < -0.39 is 0 Å². The van der Waals surface area contributed by atoms with Crippen molar-refractivity contribution in [3.63, 3.8) is 0 Å². The molecule has 14 heavy (non-hydrogen) atoms. The molecule has 0 radical (unpaired) electrons. The van der Waals surface area contributed by atoms with Crippen molar-refractivity contribution in [1.29, 1.82) is 0 Å². The van der Waals surface area contributed by atoms with Crippen LogP contribution in [0.4, 0.5) is 0 Å². The molecule has 0 aliphatic heterocycles. The molecular weight excluding hydrogens is 176 g/mol. The van der Waals surface area contributed by atoms with Crippen molar-refractivity contribution in [2.45, 2.75) is 6.04 Å². The van der Waals surface area contributed by atoms with Gasteiger partial charge >= 0.3 is 0 Å². The first-order chi connectivity index (χ1) is 6.70. The Hall–Kier alpha value is -1.06. The van der Waals surface area contributed by atoms with Gasteiger partial charge in [0.05, 0.1) is 26.8 Å². The third kappa shape index (κ3) is 2.25. The highest BCUT2D eigenvalue weighted by Gasteiger charge is 2.21. The number of likely N-dealkylation sites (N-methyl/N-ethyl adjacent to an activating group) is 1. The van der Waals surface area contributed by atoms with E-state index in [1.807, 2.05) is 18.2 Å². The van der Waals surface area contributed by atoms with Gasteiger partial charge in [-0.15, -0.1) is 0 Å². The highest BCUT2D eigenvalue weighted by atomic mass is 16.5. The van der Waals surface area contributed by atoms with E-state index in [-0.39, 0.29) is 0 Å². The second-order valence-electron chi connectivity index (χ2n) is 3.66. The summed E-state index contributed by atoms with van der Waals surface area (Å²) in [7, 11) is 5.99. The van der Waals surface area contributed by atoms with Crippen molar-refractivity contribution < 1.29 is 15.4 Å². The molecule has 0 fully saturated rings. The van der Waals surface area contributed by atoms with Gasteiger partial charge in [0, 0.05) is 0 Å². The summed E-state index contributed by atoms with van der Waals surface area (Å²) in [6.45, 7) is 0.878. The minimum Gasteiger partial charge on any atom is -0.496 e. The van der Waals surface area contributed by atoms with Crippen LogP contribution in [0.15, 0.2) is 24.3 Å². The van der Waals surface area contributed by atoms with Crippen molar-refractivity contribution in [3.05, 3.63) is 29.8 Å². The fraction of sp³-hybridized carbons (Fsp3) is 0.455. The Kier molecular flexibility index (Phi) is 3.92. The number of nitrogens with one attached hydrogen (secondary N) is 1. The summed E-state index contributed by atoms with van der Waals surface area (Å²) < 4.78 is 5.34. The van der Waals surface area contributed by atoms with Gasteiger partial charge in [-0.2, -0.15) is 0 Å². The minimum atomic E-state index is 0.408. The maximum Gasteiger partial charge on any atom is 0.166 e. The normalized spacial score (nSPS) is 12.9. The van der Waals surface area contributed by atoms with Gasteiger partial charge in [-0.25, -0.2) is 0 Å². The summed E-state index contributed by atoms with van der Waals surface area (Å²) in [6.07, 6.45) is 0. The van der Waals surface area contributed by atoms with Gasteiger partial charge in [0.1, 0.15) is 12.3 Å². The van der Waals surface area contributed by atoms with Gasteiger partial charge in [0.2, 0.25) is 0 Å². The first-order valence-electron chi connectivity index (χ1n) is 4.93. The fourth-order valence-electron chi connectivity index (χ4n) is 1.71. The van der Waals surface area contributed by atoms with E-state index in [1.54, 1.807) is 7.11 Å². The van der Waals surface area contributed by atoms with E-state index in [4.69, 9.17) is 4.74 Å². The van der Waals surface area contributed by atoms with Gasteiger partial charge in [-0.3, -0.25) is 0 Å². The lowest BCUT2D eigenvalue weighted by Crippen LogP contribution is -3.07. The highest BCUT2D eigenvalue weighted by molar-refractivity contribution is 5.34. The molecule has 0 saturated carbocycles.